The van der Waals surface area contributed by atoms with Crippen molar-refractivity contribution in [3.05, 3.63) is 35.6 Å². The summed E-state index contributed by atoms with van der Waals surface area (Å²) in [7, 11) is 0. The zero-order valence-corrected chi connectivity index (χ0v) is 9.14. The van der Waals surface area contributed by atoms with Crippen molar-refractivity contribution in [1.29, 1.82) is 0 Å². The van der Waals surface area contributed by atoms with Crippen LogP contribution >= 0.6 is 11.6 Å². The third-order valence-electron chi connectivity index (χ3n) is 2.31. The standard InChI is InChI=1S/C10H7ClN4O/c1-6-12-8(11)4-9-13-14-10(15(6)9)7-2-3-16-5-7/h2-5H,1H3. The zero-order chi connectivity index (χ0) is 11.1. The van der Waals surface area contributed by atoms with E-state index >= 15 is 0 Å². The first-order valence-electron chi connectivity index (χ1n) is 4.66. The Labute approximate surface area is 95.7 Å². The molecular formula is C10H7ClN4O. The first-order chi connectivity index (χ1) is 7.75. The second-order valence-electron chi connectivity index (χ2n) is 3.36. The van der Waals surface area contributed by atoms with Crippen molar-refractivity contribution in [2.24, 2.45) is 0 Å². The monoisotopic (exact) mass is 234 g/mol. The Bertz CT molecular complexity index is 644. The van der Waals surface area contributed by atoms with Crippen LogP contribution in [-0.2, 0) is 0 Å². The summed E-state index contributed by atoms with van der Waals surface area (Å²) in [5.74, 6) is 1.44. The minimum Gasteiger partial charge on any atom is -0.472 e. The minimum atomic E-state index is 0.413. The molecule has 3 aromatic heterocycles. The average Bonchev–Trinajstić information content (AvgIpc) is 2.82. The van der Waals surface area contributed by atoms with Gasteiger partial charge in [0.15, 0.2) is 11.5 Å². The van der Waals surface area contributed by atoms with Gasteiger partial charge in [-0.2, -0.15) is 0 Å². The highest BCUT2D eigenvalue weighted by molar-refractivity contribution is 6.29. The van der Waals surface area contributed by atoms with Gasteiger partial charge >= 0.3 is 0 Å². The Hall–Kier alpha value is -1.88. The van der Waals surface area contributed by atoms with E-state index in [1.54, 1.807) is 18.6 Å². The molecular weight excluding hydrogens is 228 g/mol. The molecule has 0 spiro atoms. The zero-order valence-electron chi connectivity index (χ0n) is 8.38. The van der Waals surface area contributed by atoms with E-state index in [0.29, 0.717) is 16.6 Å². The first-order valence-corrected chi connectivity index (χ1v) is 5.04. The van der Waals surface area contributed by atoms with Crippen LogP contribution in [-0.4, -0.2) is 19.6 Å². The maximum Gasteiger partial charge on any atom is 0.173 e. The van der Waals surface area contributed by atoms with Crippen LogP contribution in [0.15, 0.2) is 29.1 Å². The van der Waals surface area contributed by atoms with E-state index in [4.69, 9.17) is 16.0 Å². The van der Waals surface area contributed by atoms with Gasteiger partial charge in [0, 0.05) is 6.07 Å². The lowest BCUT2D eigenvalue weighted by molar-refractivity contribution is 0.568. The Morgan fingerprint density at radius 1 is 1.38 bits per heavy atom. The van der Waals surface area contributed by atoms with Gasteiger partial charge in [0.05, 0.1) is 11.8 Å². The highest BCUT2D eigenvalue weighted by Gasteiger charge is 2.12. The summed E-state index contributed by atoms with van der Waals surface area (Å²) < 4.78 is 6.85. The number of halogens is 1. The molecule has 0 bridgehead atoms. The predicted molar refractivity (Wildman–Crippen MR) is 58.2 cm³/mol. The fourth-order valence-electron chi connectivity index (χ4n) is 1.63. The number of furan rings is 1. The summed E-state index contributed by atoms with van der Waals surface area (Å²) in [4.78, 5) is 4.16. The van der Waals surface area contributed by atoms with Gasteiger partial charge < -0.3 is 4.42 Å². The normalized spacial score (nSPS) is 11.1. The lowest BCUT2D eigenvalue weighted by Crippen LogP contribution is -1.97. The molecule has 16 heavy (non-hydrogen) atoms. The molecule has 0 radical (unpaired) electrons. The topological polar surface area (TPSA) is 56.2 Å². The van der Waals surface area contributed by atoms with Crippen molar-refractivity contribution in [1.82, 2.24) is 19.6 Å². The maximum absolute atomic E-state index is 5.85. The maximum atomic E-state index is 5.85. The smallest absolute Gasteiger partial charge is 0.173 e. The van der Waals surface area contributed by atoms with Crippen LogP contribution in [0.1, 0.15) is 5.82 Å². The van der Waals surface area contributed by atoms with Gasteiger partial charge in [-0.05, 0) is 13.0 Å². The molecule has 0 unspecified atom stereocenters. The van der Waals surface area contributed by atoms with Crippen molar-refractivity contribution >= 4 is 17.2 Å². The predicted octanol–water partition coefficient (Wildman–Crippen LogP) is 2.35. The molecule has 3 rings (SSSR count). The minimum absolute atomic E-state index is 0.413. The second kappa shape index (κ2) is 3.31. The summed E-state index contributed by atoms with van der Waals surface area (Å²) in [6, 6.07) is 3.50. The molecule has 0 atom stereocenters. The van der Waals surface area contributed by atoms with E-state index in [2.05, 4.69) is 15.2 Å². The molecule has 3 heterocycles. The van der Waals surface area contributed by atoms with E-state index in [0.717, 1.165) is 11.4 Å². The summed E-state index contributed by atoms with van der Waals surface area (Å²) in [5.41, 5.74) is 1.54. The molecule has 0 aliphatic rings. The van der Waals surface area contributed by atoms with Crippen LogP contribution in [0.2, 0.25) is 5.15 Å². The summed E-state index contributed by atoms with van der Waals surface area (Å²) in [6.45, 7) is 1.85. The average molecular weight is 235 g/mol. The molecule has 0 N–H and O–H groups in total. The van der Waals surface area contributed by atoms with Crippen molar-refractivity contribution in [3.8, 4) is 11.4 Å². The molecule has 80 valence electrons. The number of fused-ring (bicyclic) bond motifs is 1. The molecule has 0 amide bonds. The van der Waals surface area contributed by atoms with Crippen LogP contribution in [0.5, 0.6) is 0 Å². The van der Waals surface area contributed by atoms with Crippen LogP contribution < -0.4 is 0 Å². The van der Waals surface area contributed by atoms with Gasteiger partial charge in [0.1, 0.15) is 17.2 Å². The van der Waals surface area contributed by atoms with Gasteiger partial charge in [-0.3, -0.25) is 4.40 Å². The molecule has 5 nitrogen and oxygen atoms in total. The van der Waals surface area contributed by atoms with Crippen molar-refractivity contribution in [2.45, 2.75) is 6.92 Å². The quantitative estimate of drug-likeness (QED) is 0.607. The summed E-state index contributed by atoms with van der Waals surface area (Å²) >= 11 is 5.85. The van der Waals surface area contributed by atoms with Gasteiger partial charge in [-0.1, -0.05) is 11.6 Å². The summed E-state index contributed by atoms with van der Waals surface area (Å²) in [5, 5.41) is 8.55. The number of hydrogen-bond donors (Lipinski definition) is 0. The number of hydrogen-bond acceptors (Lipinski definition) is 4. The molecule has 0 fully saturated rings. The summed E-state index contributed by atoms with van der Waals surface area (Å²) in [6.07, 6.45) is 3.21. The van der Waals surface area contributed by atoms with E-state index in [-0.39, 0.29) is 0 Å². The van der Waals surface area contributed by atoms with Crippen molar-refractivity contribution < 1.29 is 4.42 Å². The Morgan fingerprint density at radius 2 is 2.25 bits per heavy atom. The van der Waals surface area contributed by atoms with E-state index < -0.39 is 0 Å². The molecule has 0 saturated carbocycles. The van der Waals surface area contributed by atoms with Crippen LogP contribution in [0.25, 0.3) is 17.0 Å². The number of nitrogens with zero attached hydrogens (tertiary/aromatic N) is 4. The third kappa shape index (κ3) is 1.29. The number of rotatable bonds is 1. The van der Waals surface area contributed by atoms with E-state index in [1.807, 2.05) is 17.4 Å². The number of aromatic nitrogens is 4. The molecule has 0 aromatic carbocycles. The Balaban J connectivity index is 2.36. The van der Waals surface area contributed by atoms with Gasteiger partial charge in [0.2, 0.25) is 0 Å². The molecule has 0 aliphatic heterocycles. The van der Waals surface area contributed by atoms with Crippen LogP contribution in [0.3, 0.4) is 0 Å². The fraction of sp³-hybridized carbons (Fsp3) is 0.100. The van der Waals surface area contributed by atoms with Crippen LogP contribution in [0.4, 0.5) is 0 Å². The largest absolute Gasteiger partial charge is 0.472 e. The highest BCUT2D eigenvalue weighted by atomic mass is 35.5. The molecule has 6 heteroatoms. The lowest BCUT2D eigenvalue weighted by atomic mass is 10.3. The Morgan fingerprint density at radius 3 is 3.00 bits per heavy atom. The van der Waals surface area contributed by atoms with Crippen molar-refractivity contribution in [2.75, 3.05) is 0 Å². The Kier molecular flexibility index (Phi) is 1.94. The number of aryl methyl sites for hydroxylation is 1. The van der Waals surface area contributed by atoms with E-state index in [1.165, 1.54) is 0 Å². The SMILES string of the molecule is Cc1nc(Cl)cc2nnc(-c3ccoc3)n12. The first kappa shape index (κ1) is 9.35. The lowest BCUT2D eigenvalue weighted by Gasteiger charge is -2.01. The molecule has 0 saturated heterocycles. The van der Waals surface area contributed by atoms with Gasteiger partial charge in [-0.15, -0.1) is 10.2 Å². The van der Waals surface area contributed by atoms with Crippen LogP contribution in [0, 0.1) is 6.92 Å². The molecule has 0 aliphatic carbocycles. The third-order valence-corrected chi connectivity index (χ3v) is 2.50. The second-order valence-corrected chi connectivity index (χ2v) is 3.74. The highest BCUT2D eigenvalue weighted by Crippen LogP contribution is 2.20. The fourth-order valence-corrected chi connectivity index (χ4v) is 1.85. The van der Waals surface area contributed by atoms with Gasteiger partial charge in [-0.25, -0.2) is 4.98 Å². The van der Waals surface area contributed by atoms with Gasteiger partial charge in [0.25, 0.3) is 0 Å². The van der Waals surface area contributed by atoms with E-state index in [9.17, 15) is 0 Å². The molecule has 3 aromatic rings. The van der Waals surface area contributed by atoms with Crippen molar-refractivity contribution in [3.63, 3.8) is 0 Å².